The van der Waals surface area contributed by atoms with Crippen LogP contribution in [0.4, 0.5) is 5.69 Å². The van der Waals surface area contributed by atoms with Crippen molar-refractivity contribution < 1.29 is 16.8 Å². The molecule has 106 valence electrons. The maximum Gasteiger partial charge on any atom is 0.245 e. The standard InChI is InChI=1S/C11H16N2O4S2/c1-18(14,15)9-4-5-10(12)11(8-9)19(16,17)13-6-2-3-7-13/h4-5,8H,2-3,6-7,12H2,1H3. The molecule has 1 aliphatic rings. The molecule has 6 nitrogen and oxygen atoms in total. The first kappa shape index (κ1) is 14.3. The van der Waals surface area contributed by atoms with Crippen LogP contribution in [0.15, 0.2) is 28.0 Å². The molecule has 0 amide bonds. The molecule has 0 aliphatic carbocycles. The molecular weight excluding hydrogens is 288 g/mol. The van der Waals surface area contributed by atoms with Gasteiger partial charge >= 0.3 is 0 Å². The Morgan fingerprint density at radius 2 is 1.68 bits per heavy atom. The first-order chi connectivity index (χ1) is 8.73. The fraction of sp³-hybridized carbons (Fsp3) is 0.455. The van der Waals surface area contributed by atoms with Crippen LogP contribution in [-0.2, 0) is 19.9 Å². The highest BCUT2D eigenvalue weighted by Gasteiger charge is 2.29. The monoisotopic (exact) mass is 304 g/mol. The summed E-state index contributed by atoms with van der Waals surface area (Å²) >= 11 is 0. The van der Waals surface area contributed by atoms with Crippen LogP contribution in [0.25, 0.3) is 0 Å². The first-order valence-corrected chi connectivity index (χ1v) is 9.16. The lowest BCUT2D eigenvalue weighted by Gasteiger charge is -2.17. The zero-order valence-corrected chi connectivity index (χ0v) is 12.2. The van der Waals surface area contributed by atoms with Gasteiger partial charge in [-0.15, -0.1) is 0 Å². The summed E-state index contributed by atoms with van der Waals surface area (Å²) in [5.41, 5.74) is 5.75. The van der Waals surface area contributed by atoms with E-state index in [2.05, 4.69) is 0 Å². The van der Waals surface area contributed by atoms with Gasteiger partial charge in [-0.1, -0.05) is 0 Å². The summed E-state index contributed by atoms with van der Waals surface area (Å²) in [5.74, 6) is 0. The van der Waals surface area contributed by atoms with E-state index in [1.807, 2.05) is 0 Å². The van der Waals surface area contributed by atoms with Crippen molar-refractivity contribution in [1.82, 2.24) is 4.31 Å². The fourth-order valence-electron chi connectivity index (χ4n) is 2.04. The maximum absolute atomic E-state index is 12.4. The lowest BCUT2D eigenvalue weighted by atomic mass is 10.3. The van der Waals surface area contributed by atoms with Gasteiger partial charge in [0.1, 0.15) is 4.90 Å². The van der Waals surface area contributed by atoms with Crippen LogP contribution in [-0.4, -0.2) is 40.5 Å². The fourth-order valence-corrected chi connectivity index (χ4v) is 4.42. The van der Waals surface area contributed by atoms with Gasteiger partial charge < -0.3 is 5.73 Å². The van der Waals surface area contributed by atoms with E-state index in [0.29, 0.717) is 13.1 Å². The van der Waals surface area contributed by atoms with Crippen molar-refractivity contribution in [3.05, 3.63) is 18.2 Å². The van der Waals surface area contributed by atoms with Gasteiger partial charge in [0.2, 0.25) is 10.0 Å². The Hall–Kier alpha value is -1.12. The number of hydrogen-bond acceptors (Lipinski definition) is 5. The molecule has 0 saturated carbocycles. The summed E-state index contributed by atoms with van der Waals surface area (Å²) in [4.78, 5) is -0.170. The second-order valence-electron chi connectivity index (χ2n) is 4.58. The molecule has 8 heteroatoms. The number of rotatable bonds is 3. The summed E-state index contributed by atoms with van der Waals surface area (Å²) in [6.45, 7) is 0.899. The summed E-state index contributed by atoms with van der Waals surface area (Å²) in [6.07, 6.45) is 2.65. The zero-order chi connectivity index (χ0) is 14.3. The van der Waals surface area contributed by atoms with E-state index >= 15 is 0 Å². The third kappa shape index (κ3) is 2.75. The Bertz CT molecular complexity index is 689. The highest BCUT2D eigenvalue weighted by molar-refractivity contribution is 7.91. The molecule has 0 unspecified atom stereocenters. The number of benzene rings is 1. The van der Waals surface area contributed by atoms with Crippen molar-refractivity contribution in [1.29, 1.82) is 0 Å². The Labute approximate surface area is 113 Å². The second-order valence-corrected chi connectivity index (χ2v) is 8.51. The van der Waals surface area contributed by atoms with Crippen LogP contribution in [0, 0.1) is 0 Å². The topological polar surface area (TPSA) is 97.5 Å². The van der Waals surface area contributed by atoms with E-state index in [1.54, 1.807) is 0 Å². The molecule has 2 rings (SSSR count). The van der Waals surface area contributed by atoms with E-state index in [-0.39, 0.29) is 15.5 Å². The predicted molar refractivity (Wildman–Crippen MR) is 72.0 cm³/mol. The molecule has 1 heterocycles. The third-order valence-electron chi connectivity index (χ3n) is 3.10. The lowest BCUT2D eigenvalue weighted by molar-refractivity contribution is 0.477. The number of nitrogens with zero attached hydrogens (tertiary/aromatic N) is 1. The van der Waals surface area contributed by atoms with Gasteiger partial charge in [-0.3, -0.25) is 0 Å². The first-order valence-electron chi connectivity index (χ1n) is 5.82. The molecular formula is C11H16N2O4S2. The minimum absolute atomic E-state index is 0.0422. The number of sulfonamides is 1. The second kappa shape index (κ2) is 4.77. The van der Waals surface area contributed by atoms with E-state index in [4.69, 9.17) is 5.73 Å². The molecule has 0 radical (unpaired) electrons. The van der Waals surface area contributed by atoms with Gasteiger partial charge in [0, 0.05) is 19.3 Å². The van der Waals surface area contributed by atoms with Gasteiger partial charge in [-0.05, 0) is 31.0 Å². The van der Waals surface area contributed by atoms with Crippen molar-refractivity contribution in [2.45, 2.75) is 22.6 Å². The molecule has 0 bridgehead atoms. The summed E-state index contributed by atoms with van der Waals surface area (Å²) < 4.78 is 49.1. The number of sulfone groups is 1. The molecule has 1 fully saturated rings. The highest BCUT2D eigenvalue weighted by Crippen LogP contribution is 2.27. The van der Waals surface area contributed by atoms with Gasteiger partial charge in [-0.2, -0.15) is 4.31 Å². The van der Waals surface area contributed by atoms with E-state index in [0.717, 1.165) is 25.2 Å². The minimum atomic E-state index is -3.71. The predicted octanol–water partition coefficient (Wildman–Crippen LogP) is 0.457. The molecule has 0 aromatic heterocycles. The average molecular weight is 304 g/mol. The Balaban J connectivity index is 2.55. The Morgan fingerprint density at radius 1 is 1.11 bits per heavy atom. The van der Waals surface area contributed by atoms with Crippen molar-refractivity contribution in [2.75, 3.05) is 25.1 Å². The van der Waals surface area contributed by atoms with Crippen molar-refractivity contribution in [3.8, 4) is 0 Å². The highest BCUT2D eigenvalue weighted by atomic mass is 32.2. The SMILES string of the molecule is CS(=O)(=O)c1ccc(N)c(S(=O)(=O)N2CCCC2)c1. The van der Waals surface area contributed by atoms with Gasteiger partial charge in [0.05, 0.1) is 10.6 Å². The number of hydrogen-bond donors (Lipinski definition) is 1. The Kier molecular flexibility index (Phi) is 3.59. The average Bonchev–Trinajstić information content (AvgIpc) is 2.81. The van der Waals surface area contributed by atoms with Crippen LogP contribution in [0.5, 0.6) is 0 Å². The van der Waals surface area contributed by atoms with Gasteiger partial charge in [0.15, 0.2) is 9.84 Å². The van der Waals surface area contributed by atoms with Crippen LogP contribution in [0.1, 0.15) is 12.8 Å². The summed E-state index contributed by atoms with van der Waals surface area (Å²) in [5, 5.41) is 0. The molecule has 19 heavy (non-hydrogen) atoms. The quantitative estimate of drug-likeness (QED) is 0.818. The zero-order valence-electron chi connectivity index (χ0n) is 10.5. The summed E-state index contributed by atoms with van der Waals surface area (Å²) in [7, 11) is -7.17. The van der Waals surface area contributed by atoms with Crippen LogP contribution >= 0.6 is 0 Å². The number of nitrogens with two attached hydrogens (primary N) is 1. The molecule has 1 aromatic rings. The van der Waals surface area contributed by atoms with Gasteiger partial charge in [0.25, 0.3) is 0 Å². The minimum Gasteiger partial charge on any atom is -0.398 e. The number of nitrogen functional groups attached to an aromatic ring is 1. The molecule has 1 aromatic carbocycles. The van der Waals surface area contributed by atoms with Crippen LogP contribution in [0.3, 0.4) is 0 Å². The molecule has 0 atom stereocenters. The molecule has 0 spiro atoms. The molecule has 1 saturated heterocycles. The largest absolute Gasteiger partial charge is 0.398 e. The summed E-state index contributed by atoms with van der Waals surface area (Å²) in [6, 6.07) is 3.77. The van der Waals surface area contributed by atoms with E-state index in [9.17, 15) is 16.8 Å². The Morgan fingerprint density at radius 3 is 2.21 bits per heavy atom. The van der Waals surface area contributed by atoms with Crippen molar-refractivity contribution in [3.63, 3.8) is 0 Å². The molecule has 1 aliphatic heterocycles. The van der Waals surface area contributed by atoms with E-state index in [1.165, 1.54) is 16.4 Å². The lowest BCUT2D eigenvalue weighted by Crippen LogP contribution is -2.28. The van der Waals surface area contributed by atoms with Gasteiger partial charge in [-0.25, -0.2) is 16.8 Å². The smallest absolute Gasteiger partial charge is 0.245 e. The third-order valence-corrected chi connectivity index (χ3v) is 6.16. The van der Waals surface area contributed by atoms with Crippen molar-refractivity contribution in [2.24, 2.45) is 0 Å². The van der Waals surface area contributed by atoms with E-state index < -0.39 is 19.9 Å². The van der Waals surface area contributed by atoms with Crippen LogP contribution < -0.4 is 5.73 Å². The van der Waals surface area contributed by atoms with Crippen LogP contribution in [0.2, 0.25) is 0 Å². The number of anilines is 1. The van der Waals surface area contributed by atoms with Crippen molar-refractivity contribution >= 4 is 25.5 Å². The normalized spacial score (nSPS) is 17.7. The maximum atomic E-state index is 12.4. The molecule has 2 N–H and O–H groups in total.